The highest BCUT2D eigenvalue weighted by Gasteiger charge is 2.19. The summed E-state index contributed by atoms with van der Waals surface area (Å²) in [6, 6.07) is 16.6. The second kappa shape index (κ2) is 6.31. The molecule has 0 bridgehead atoms. The number of nitrogens with zero attached hydrogens (tertiary/aromatic N) is 1. The molecule has 1 aromatic carbocycles. The average molecular weight is 319 g/mol. The molecule has 0 saturated heterocycles. The molecule has 100 valence electrons. The van der Waals surface area contributed by atoms with Crippen molar-refractivity contribution in [2.75, 3.05) is 6.54 Å². The van der Waals surface area contributed by atoms with Crippen LogP contribution in [-0.4, -0.2) is 11.5 Å². The number of nitrogens with one attached hydrogen (secondary N) is 1. The summed E-state index contributed by atoms with van der Waals surface area (Å²) in [7, 11) is 0. The fourth-order valence-corrected chi connectivity index (χ4v) is 2.42. The van der Waals surface area contributed by atoms with E-state index in [1.54, 1.807) is 0 Å². The summed E-state index contributed by atoms with van der Waals surface area (Å²) in [5.74, 6) is 0. The first kappa shape index (κ1) is 14.2. The fraction of sp³-hybridized carbons (Fsp3) is 0.312. The van der Waals surface area contributed by atoms with E-state index in [1.165, 1.54) is 5.56 Å². The van der Waals surface area contributed by atoms with Gasteiger partial charge < -0.3 is 5.32 Å². The highest BCUT2D eigenvalue weighted by atomic mass is 79.9. The quantitative estimate of drug-likeness (QED) is 0.845. The van der Waals surface area contributed by atoms with Crippen LogP contribution in [0, 0.1) is 0 Å². The van der Waals surface area contributed by atoms with Gasteiger partial charge in [-0.3, -0.25) is 0 Å². The topological polar surface area (TPSA) is 24.9 Å². The van der Waals surface area contributed by atoms with E-state index in [0.717, 1.165) is 23.4 Å². The molecule has 0 unspecified atom stereocenters. The minimum Gasteiger partial charge on any atom is -0.310 e. The highest BCUT2D eigenvalue weighted by molar-refractivity contribution is 9.10. The van der Waals surface area contributed by atoms with Crippen LogP contribution in [0.5, 0.6) is 0 Å². The van der Waals surface area contributed by atoms with Gasteiger partial charge in [-0.2, -0.15) is 0 Å². The number of pyridine rings is 1. The summed E-state index contributed by atoms with van der Waals surface area (Å²) < 4.78 is 0.883. The largest absolute Gasteiger partial charge is 0.310 e. The van der Waals surface area contributed by atoms with Crippen LogP contribution in [-0.2, 0) is 12.0 Å². The maximum absolute atomic E-state index is 4.42. The molecular formula is C16H19BrN2. The molecule has 1 heterocycles. The molecule has 2 nitrogen and oxygen atoms in total. The van der Waals surface area contributed by atoms with Crippen molar-refractivity contribution in [1.29, 1.82) is 0 Å². The first-order valence-electron chi connectivity index (χ1n) is 6.46. The Hall–Kier alpha value is -1.19. The number of hydrogen-bond acceptors (Lipinski definition) is 2. The van der Waals surface area contributed by atoms with Crippen LogP contribution in [0.1, 0.15) is 25.1 Å². The Kier molecular flexibility index (Phi) is 4.72. The minimum atomic E-state index is 0.118. The van der Waals surface area contributed by atoms with Crippen molar-refractivity contribution in [3.8, 4) is 0 Å². The molecule has 0 amide bonds. The Bertz CT molecular complexity index is 523. The Labute approximate surface area is 123 Å². The van der Waals surface area contributed by atoms with Crippen molar-refractivity contribution < 1.29 is 0 Å². The van der Waals surface area contributed by atoms with E-state index >= 15 is 0 Å². The molecule has 0 aliphatic rings. The van der Waals surface area contributed by atoms with Crippen molar-refractivity contribution >= 4 is 15.9 Å². The van der Waals surface area contributed by atoms with Gasteiger partial charge in [0.15, 0.2) is 0 Å². The first-order chi connectivity index (χ1) is 9.08. The van der Waals surface area contributed by atoms with Crippen molar-refractivity contribution in [2.24, 2.45) is 0 Å². The van der Waals surface area contributed by atoms with Crippen LogP contribution >= 0.6 is 15.9 Å². The molecule has 1 aromatic heterocycles. The van der Waals surface area contributed by atoms with Gasteiger partial charge in [0.05, 0.1) is 5.69 Å². The van der Waals surface area contributed by atoms with Gasteiger partial charge in [-0.15, -0.1) is 0 Å². The lowest BCUT2D eigenvalue weighted by atomic mass is 9.84. The Morgan fingerprint density at radius 2 is 1.79 bits per heavy atom. The van der Waals surface area contributed by atoms with E-state index in [-0.39, 0.29) is 5.41 Å². The molecule has 1 N–H and O–H groups in total. The number of rotatable bonds is 5. The van der Waals surface area contributed by atoms with Gasteiger partial charge in [-0.05, 0) is 33.6 Å². The van der Waals surface area contributed by atoms with Crippen LogP contribution in [0.15, 0.2) is 53.1 Å². The SMILES string of the molecule is CC(C)(CNCc1cccc(Br)n1)c1ccccc1. The van der Waals surface area contributed by atoms with E-state index in [4.69, 9.17) is 0 Å². The van der Waals surface area contributed by atoms with E-state index in [1.807, 2.05) is 18.2 Å². The Morgan fingerprint density at radius 3 is 2.47 bits per heavy atom. The van der Waals surface area contributed by atoms with Gasteiger partial charge in [-0.25, -0.2) is 4.98 Å². The lowest BCUT2D eigenvalue weighted by molar-refractivity contribution is 0.467. The maximum atomic E-state index is 4.42. The molecule has 0 spiro atoms. The van der Waals surface area contributed by atoms with Gasteiger partial charge >= 0.3 is 0 Å². The lowest BCUT2D eigenvalue weighted by Gasteiger charge is -2.25. The molecule has 0 radical (unpaired) electrons. The van der Waals surface area contributed by atoms with Gasteiger partial charge in [0.1, 0.15) is 4.60 Å². The molecule has 0 fully saturated rings. The summed E-state index contributed by atoms with van der Waals surface area (Å²) >= 11 is 3.39. The van der Waals surface area contributed by atoms with Gasteiger partial charge in [0, 0.05) is 18.5 Å². The zero-order chi connectivity index (χ0) is 13.7. The molecule has 0 atom stereocenters. The van der Waals surface area contributed by atoms with E-state index in [2.05, 4.69) is 70.4 Å². The predicted octanol–water partition coefficient (Wildman–Crippen LogP) is 3.91. The van der Waals surface area contributed by atoms with Crippen LogP contribution in [0.25, 0.3) is 0 Å². The summed E-state index contributed by atoms with van der Waals surface area (Å²) in [4.78, 5) is 4.42. The second-order valence-corrected chi connectivity index (χ2v) is 6.12. The number of hydrogen-bond donors (Lipinski definition) is 1. The lowest BCUT2D eigenvalue weighted by Crippen LogP contribution is -2.32. The third kappa shape index (κ3) is 4.15. The van der Waals surface area contributed by atoms with Crippen LogP contribution < -0.4 is 5.32 Å². The van der Waals surface area contributed by atoms with E-state index < -0.39 is 0 Å². The zero-order valence-corrected chi connectivity index (χ0v) is 12.9. The van der Waals surface area contributed by atoms with Crippen molar-refractivity contribution in [1.82, 2.24) is 10.3 Å². The van der Waals surface area contributed by atoms with Crippen LogP contribution in [0.4, 0.5) is 0 Å². The maximum Gasteiger partial charge on any atom is 0.106 e. The summed E-state index contributed by atoms with van der Waals surface area (Å²) in [6.45, 7) is 6.22. The zero-order valence-electron chi connectivity index (χ0n) is 11.4. The third-order valence-corrected chi connectivity index (χ3v) is 3.64. The second-order valence-electron chi connectivity index (χ2n) is 5.31. The summed E-state index contributed by atoms with van der Waals surface area (Å²) in [5.41, 5.74) is 2.52. The molecule has 19 heavy (non-hydrogen) atoms. The minimum absolute atomic E-state index is 0.118. The molecule has 0 saturated carbocycles. The summed E-state index contributed by atoms with van der Waals surface area (Å²) in [5, 5.41) is 3.48. The average Bonchev–Trinajstić information content (AvgIpc) is 2.40. The monoisotopic (exact) mass is 318 g/mol. The fourth-order valence-electron chi connectivity index (χ4n) is 2.04. The smallest absolute Gasteiger partial charge is 0.106 e. The Morgan fingerprint density at radius 1 is 1.05 bits per heavy atom. The third-order valence-electron chi connectivity index (χ3n) is 3.20. The normalized spacial score (nSPS) is 11.5. The Balaban J connectivity index is 1.92. The van der Waals surface area contributed by atoms with Gasteiger partial charge in [0.25, 0.3) is 0 Å². The van der Waals surface area contributed by atoms with Crippen molar-refractivity contribution in [3.05, 3.63) is 64.4 Å². The number of halogens is 1. The standard InChI is InChI=1S/C16H19BrN2/c1-16(2,13-7-4-3-5-8-13)12-18-11-14-9-6-10-15(17)19-14/h3-10,18H,11-12H2,1-2H3. The molecule has 3 heteroatoms. The molecule has 2 rings (SSSR count). The number of benzene rings is 1. The van der Waals surface area contributed by atoms with Crippen molar-refractivity contribution in [3.63, 3.8) is 0 Å². The highest BCUT2D eigenvalue weighted by Crippen LogP contribution is 2.21. The molecular weight excluding hydrogens is 300 g/mol. The van der Waals surface area contributed by atoms with Crippen LogP contribution in [0.3, 0.4) is 0 Å². The van der Waals surface area contributed by atoms with Gasteiger partial charge in [0.2, 0.25) is 0 Å². The summed E-state index contributed by atoms with van der Waals surface area (Å²) in [6.07, 6.45) is 0. The first-order valence-corrected chi connectivity index (χ1v) is 7.25. The van der Waals surface area contributed by atoms with E-state index in [0.29, 0.717) is 0 Å². The van der Waals surface area contributed by atoms with Gasteiger partial charge in [-0.1, -0.05) is 50.2 Å². The number of aromatic nitrogens is 1. The molecule has 0 aliphatic heterocycles. The van der Waals surface area contributed by atoms with E-state index in [9.17, 15) is 0 Å². The van der Waals surface area contributed by atoms with Crippen molar-refractivity contribution in [2.45, 2.75) is 25.8 Å². The predicted molar refractivity (Wildman–Crippen MR) is 83.1 cm³/mol. The molecule has 0 aliphatic carbocycles. The molecule has 2 aromatic rings. The van der Waals surface area contributed by atoms with Crippen LogP contribution in [0.2, 0.25) is 0 Å².